The van der Waals surface area contributed by atoms with Crippen LogP contribution in [0.15, 0.2) is 24.3 Å². The van der Waals surface area contributed by atoms with Crippen molar-refractivity contribution in [1.29, 1.82) is 0 Å². The van der Waals surface area contributed by atoms with E-state index in [1.807, 2.05) is 6.07 Å². The largest absolute Gasteiger partial charge is 0.382 e. The Kier molecular flexibility index (Phi) is 2.52. The van der Waals surface area contributed by atoms with Gasteiger partial charge in [-0.05, 0) is 12.1 Å². The maximum Gasteiger partial charge on any atom is 0.147 e. The number of rotatable bonds is 2. The molecule has 0 aliphatic heterocycles. The van der Waals surface area contributed by atoms with E-state index in [2.05, 4.69) is 10.2 Å². The van der Waals surface area contributed by atoms with Gasteiger partial charge in [-0.1, -0.05) is 6.07 Å². The van der Waals surface area contributed by atoms with Gasteiger partial charge in [0, 0.05) is 25.7 Å². The van der Waals surface area contributed by atoms with E-state index in [4.69, 9.17) is 5.73 Å². The van der Waals surface area contributed by atoms with Crippen molar-refractivity contribution in [3.05, 3.63) is 30.1 Å². The molecule has 0 fully saturated rings. The number of nitrogen functional groups attached to an aromatic ring is 1. The third-order valence-electron chi connectivity index (χ3n) is 2.34. The van der Waals surface area contributed by atoms with Gasteiger partial charge in [-0.15, -0.1) is 0 Å². The van der Waals surface area contributed by atoms with E-state index >= 15 is 0 Å². The van der Waals surface area contributed by atoms with Gasteiger partial charge in [0.2, 0.25) is 0 Å². The van der Waals surface area contributed by atoms with Gasteiger partial charge in [0.1, 0.15) is 11.6 Å². The standard InChI is InChI=1S/C11H13FN4/c1-16(2)10-4-3-7(5-8(10)12)9-6-11(13)15-14-9/h3-6H,1-2H3,(H3,13,14,15). The fraction of sp³-hybridized carbons (Fsp3) is 0.182. The number of halogens is 1. The van der Waals surface area contributed by atoms with E-state index in [1.165, 1.54) is 6.07 Å². The lowest BCUT2D eigenvalue weighted by molar-refractivity contribution is 0.626. The summed E-state index contributed by atoms with van der Waals surface area (Å²) in [5.41, 5.74) is 7.48. The van der Waals surface area contributed by atoms with Crippen molar-refractivity contribution in [3.63, 3.8) is 0 Å². The predicted octanol–water partition coefficient (Wildman–Crippen LogP) is 1.86. The van der Waals surface area contributed by atoms with E-state index in [0.717, 1.165) is 5.56 Å². The summed E-state index contributed by atoms with van der Waals surface area (Å²) in [7, 11) is 3.60. The zero-order chi connectivity index (χ0) is 11.7. The van der Waals surface area contributed by atoms with Crippen LogP contribution in [-0.4, -0.2) is 24.3 Å². The molecule has 1 aromatic heterocycles. The summed E-state index contributed by atoms with van der Waals surface area (Å²) < 4.78 is 13.7. The van der Waals surface area contributed by atoms with Crippen molar-refractivity contribution in [2.24, 2.45) is 0 Å². The number of benzene rings is 1. The third kappa shape index (κ3) is 1.84. The number of hydrogen-bond donors (Lipinski definition) is 2. The Morgan fingerprint density at radius 1 is 1.31 bits per heavy atom. The maximum atomic E-state index is 13.7. The van der Waals surface area contributed by atoms with Gasteiger partial charge < -0.3 is 10.6 Å². The minimum Gasteiger partial charge on any atom is -0.382 e. The summed E-state index contributed by atoms with van der Waals surface area (Å²) in [5, 5.41) is 6.54. The zero-order valence-electron chi connectivity index (χ0n) is 9.16. The SMILES string of the molecule is CN(C)c1ccc(-c2cc(N)n[nH]2)cc1F. The predicted molar refractivity (Wildman–Crippen MR) is 62.7 cm³/mol. The molecule has 0 saturated heterocycles. The number of aromatic nitrogens is 2. The molecule has 5 heteroatoms. The number of anilines is 2. The fourth-order valence-corrected chi connectivity index (χ4v) is 1.52. The van der Waals surface area contributed by atoms with Crippen molar-refractivity contribution >= 4 is 11.5 Å². The molecule has 0 saturated carbocycles. The molecule has 0 bridgehead atoms. The lowest BCUT2D eigenvalue weighted by Gasteiger charge is -2.13. The van der Waals surface area contributed by atoms with Crippen molar-refractivity contribution < 1.29 is 4.39 Å². The van der Waals surface area contributed by atoms with Gasteiger partial charge in [0.05, 0.1) is 11.4 Å². The van der Waals surface area contributed by atoms with Gasteiger partial charge >= 0.3 is 0 Å². The van der Waals surface area contributed by atoms with E-state index in [1.54, 1.807) is 31.1 Å². The van der Waals surface area contributed by atoms with Crippen molar-refractivity contribution in [3.8, 4) is 11.3 Å². The van der Waals surface area contributed by atoms with Crippen LogP contribution in [0.4, 0.5) is 15.9 Å². The molecule has 0 aliphatic rings. The first kappa shape index (κ1) is 10.5. The van der Waals surface area contributed by atoms with E-state index in [0.29, 0.717) is 17.2 Å². The summed E-state index contributed by atoms with van der Waals surface area (Å²) in [5.74, 6) is 0.128. The van der Waals surface area contributed by atoms with Gasteiger partial charge in [-0.3, -0.25) is 5.10 Å². The maximum absolute atomic E-state index is 13.7. The van der Waals surface area contributed by atoms with Crippen molar-refractivity contribution in [1.82, 2.24) is 10.2 Å². The van der Waals surface area contributed by atoms with Crippen LogP contribution in [0.5, 0.6) is 0 Å². The smallest absolute Gasteiger partial charge is 0.147 e. The Hall–Kier alpha value is -2.04. The van der Waals surface area contributed by atoms with E-state index < -0.39 is 0 Å². The van der Waals surface area contributed by atoms with Crippen molar-refractivity contribution in [2.45, 2.75) is 0 Å². The van der Waals surface area contributed by atoms with Gasteiger partial charge in [-0.25, -0.2) is 4.39 Å². The number of H-pyrrole nitrogens is 1. The molecule has 2 rings (SSSR count). The highest BCUT2D eigenvalue weighted by Crippen LogP contribution is 2.24. The summed E-state index contributed by atoms with van der Waals surface area (Å²) in [6, 6.07) is 6.68. The molecule has 1 heterocycles. The molecule has 4 nitrogen and oxygen atoms in total. The van der Waals surface area contributed by atoms with Crippen LogP contribution < -0.4 is 10.6 Å². The van der Waals surface area contributed by atoms with Gasteiger partial charge in [-0.2, -0.15) is 5.10 Å². The molecule has 0 aliphatic carbocycles. The first-order valence-electron chi connectivity index (χ1n) is 4.86. The second-order valence-corrected chi connectivity index (χ2v) is 3.77. The van der Waals surface area contributed by atoms with E-state index in [-0.39, 0.29) is 5.82 Å². The first-order chi connectivity index (χ1) is 7.58. The lowest BCUT2D eigenvalue weighted by Crippen LogP contribution is -2.10. The molecule has 3 N–H and O–H groups in total. The van der Waals surface area contributed by atoms with Crippen LogP contribution in [-0.2, 0) is 0 Å². The van der Waals surface area contributed by atoms with Crippen LogP contribution in [0.3, 0.4) is 0 Å². The quantitative estimate of drug-likeness (QED) is 0.812. The number of nitrogens with one attached hydrogen (secondary N) is 1. The molecule has 84 valence electrons. The molecule has 1 aromatic carbocycles. The molecular weight excluding hydrogens is 207 g/mol. The number of nitrogens with zero attached hydrogens (tertiary/aromatic N) is 2. The zero-order valence-corrected chi connectivity index (χ0v) is 9.16. The lowest BCUT2D eigenvalue weighted by atomic mass is 10.1. The number of aromatic amines is 1. The minimum atomic E-state index is -0.268. The van der Waals surface area contributed by atoms with Crippen LogP contribution in [0.1, 0.15) is 0 Å². The highest BCUT2D eigenvalue weighted by Gasteiger charge is 2.07. The topological polar surface area (TPSA) is 57.9 Å². The summed E-state index contributed by atoms with van der Waals surface area (Å²) in [6.07, 6.45) is 0. The van der Waals surface area contributed by atoms with Crippen LogP contribution >= 0.6 is 0 Å². The molecule has 0 amide bonds. The Balaban J connectivity index is 2.42. The third-order valence-corrected chi connectivity index (χ3v) is 2.34. The van der Waals surface area contributed by atoms with Crippen LogP contribution in [0.25, 0.3) is 11.3 Å². The fourth-order valence-electron chi connectivity index (χ4n) is 1.52. The second-order valence-electron chi connectivity index (χ2n) is 3.77. The second kappa shape index (κ2) is 3.84. The number of nitrogens with two attached hydrogens (primary N) is 1. The monoisotopic (exact) mass is 220 g/mol. The summed E-state index contributed by atoms with van der Waals surface area (Å²) in [6.45, 7) is 0. The molecule has 2 aromatic rings. The molecular formula is C11H13FN4. The minimum absolute atomic E-state index is 0.268. The molecule has 0 radical (unpaired) electrons. The Morgan fingerprint density at radius 3 is 2.56 bits per heavy atom. The van der Waals surface area contributed by atoms with Gasteiger partial charge in [0.25, 0.3) is 0 Å². The Morgan fingerprint density at radius 2 is 2.06 bits per heavy atom. The molecule has 16 heavy (non-hydrogen) atoms. The number of hydrogen-bond acceptors (Lipinski definition) is 3. The van der Waals surface area contributed by atoms with Crippen LogP contribution in [0.2, 0.25) is 0 Å². The summed E-state index contributed by atoms with van der Waals surface area (Å²) in [4.78, 5) is 1.72. The first-order valence-corrected chi connectivity index (χ1v) is 4.86. The Bertz CT molecular complexity index is 504. The molecule has 0 atom stereocenters. The average Bonchev–Trinajstić information content (AvgIpc) is 2.64. The van der Waals surface area contributed by atoms with Crippen molar-refractivity contribution in [2.75, 3.05) is 24.7 Å². The highest BCUT2D eigenvalue weighted by molar-refractivity contribution is 5.65. The highest BCUT2D eigenvalue weighted by atomic mass is 19.1. The van der Waals surface area contributed by atoms with Gasteiger partial charge in [0.15, 0.2) is 0 Å². The Labute approximate surface area is 92.9 Å². The molecule has 0 unspecified atom stereocenters. The molecule has 0 spiro atoms. The van der Waals surface area contributed by atoms with Crippen LogP contribution in [0, 0.1) is 5.82 Å². The normalized spacial score (nSPS) is 10.4. The summed E-state index contributed by atoms with van der Waals surface area (Å²) >= 11 is 0. The average molecular weight is 220 g/mol. The van der Waals surface area contributed by atoms with E-state index in [9.17, 15) is 4.39 Å².